The van der Waals surface area contributed by atoms with Gasteiger partial charge in [0.05, 0.1) is 12.8 Å². The summed E-state index contributed by atoms with van der Waals surface area (Å²) in [6, 6.07) is 8.01. The lowest BCUT2D eigenvalue weighted by atomic mass is 9.86. The van der Waals surface area contributed by atoms with Crippen LogP contribution in [0.25, 0.3) is 0 Å². The van der Waals surface area contributed by atoms with Gasteiger partial charge in [-0.3, -0.25) is 0 Å². The highest BCUT2D eigenvalue weighted by Gasteiger charge is 2.40. The van der Waals surface area contributed by atoms with Gasteiger partial charge in [0.2, 0.25) is 0 Å². The van der Waals surface area contributed by atoms with Crippen LogP contribution in [0, 0.1) is 0 Å². The number of nitrogens with one attached hydrogen (secondary N) is 1. The standard InChI is InChI=1S/C14H18N2O2/c1-17-12-4-2-3-11(9-12)13-10-14(18-16-13)5-7-15-8-6-14/h2-4,9,15H,5-8,10H2,1H3. The van der Waals surface area contributed by atoms with E-state index in [2.05, 4.69) is 16.5 Å². The molecule has 0 aromatic heterocycles. The van der Waals surface area contributed by atoms with Crippen molar-refractivity contribution in [3.8, 4) is 5.75 Å². The average molecular weight is 246 g/mol. The number of ether oxygens (including phenoxy) is 1. The fraction of sp³-hybridized carbons (Fsp3) is 0.500. The van der Waals surface area contributed by atoms with Crippen LogP contribution in [0.4, 0.5) is 0 Å². The molecule has 1 N–H and O–H groups in total. The van der Waals surface area contributed by atoms with Crippen molar-refractivity contribution in [1.82, 2.24) is 5.32 Å². The molecular weight excluding hydrogens is 228 g/mol. The molecule has 96 valence electrons. The second-order valence-electron chi connectivity index (χ2n) is 4.97. The van der Waals surface area contributed by atoms with Gasteiger partial charge < -0.3 is 14.9 Å². The molecule has 0 amide bonds. The minimum atomic E-state index is -0.0658. The summed E-state index contributed by atoms with van der Waals surface area (Å²) >= 11 is 0. The molecule has 0 saturated carbocycles. The summed E-state index contributed by atoms with van der Waals surface area (Å²) in [5.41, 5.74) is 2.07. The van der Waals surface area contributed by atoms with Crippen LogP contribution >= 0.6 is 0 Å². The maximum atomic E-state index is 5.73. The van der Waals surface area contributed by atoms with E-state index in [0.717, 1.165) is 49.4 Å². The Morgan fingerprint density at radius 3 is 2.94 bits per heavy atom. The van der Waals surface area contributed by atoms with Gasteiger partial charge in [0, 0.05) is 24.8 Å². The Bertz CT molecular complexity index is 465. The van der Waals surface area contributed by atoms with Crippen molar-refractivity contribution in [3.05, 3.63) is 29.8 Å². The zero-order chi connectivity index (χ0) is 12.4. The van der Waals surface area contributed by atoms with Gasteiger partial charge in [0.25, 0.3) is 0 Å². The van der Waals surface area contributed by atoms with Crippen molar-refractivity contribution in [2.24, 2.45) is 5.16 Å². The zero-order valence-electron chi connectivity index (χ0n) is 10.6. The average Bonchev–Trinajstić information content (AvgIpc) is 2.83. The molecule has 1 saturated heterocycles. The van der Waals surface area contributed by atoms with Gasteiger partial charge in [0.15, 0.2) is 0 Å². The molecule has 1 aromatic carbocycles. The normalized spacial score (nSPS) is 21.5. The number of rotatable bonds is 2. The van der Waals surface area contributed by atoms with Crippen molar-refractivity contribution in [2.45, 2.75) is 24.9 Å². The van der Waals surface area contributed by atoms with Crippen molar-refractivity contribution in [2.75, 3.05) is 20.2 Å². The van der Waals surface area contributed by atoms with Crippen LogP contribution < -0.4 is 10.1 Å². The molecule has 2 aliphatic rings. The van der Waals surface area contributed by atoms with Gasteiger partial charge in [-0.2, -0.15) is 0 Å². The molecule has 4 nitrogen and oxygen atoms in total. The molecule has 3 rings (SSSR count). The molecule has 0 radical (unpaired) electrons. The van der Waals surface area contributed by atoms with Crippen molar-refractivity contribution < 1.29 is 9.57 Å². The highest BCUT2D eigenvalue weighted by molar-refractivity contribution is 6.01. The van der Waals surface area contributed by atoms with Gasteiger partial charge in [-0.05, 0) is 25.2 Å². The summed E-state index contributed by atoms with van der Waals surface area (Å²) in [5, 5.41) is 7.65. The Morgan fingerprint density at radius 1 is 1.33 bits per heavy atom. The number of nitrogens with zero attached hydrogens (tertiary/aromatic N) is 1. The van der Waals surface area contributed by atoms with Gasteiger partial charge in [-0.25, -0.2) is 0 Å². The first-order valence-electron chi connectivity index (χ1n) is 6.42. The first-order valence-corrected chi connectivity index (χ1v) is 6.42. The minimum Gasteiger partial charge on any atom is -0.497 e. The van der Waals surface area contributed by atoms with Gasteiger partial charge in [0.1, 0.15) is 11.4 Å². The topological polar surface area (TPSA) is 42.9 Å². The largest absolute Gasteiger partial charge is 0.497 e. The monoisotopic (exact) mass is 246 g/mol. The maximum absolute atomic E-state index is 5.73. The first kappa shape index (κ1) is 11.5. The Kier molecular flexibility index (Phi) is 2.96. The molecule has 0 atom stereocenters. The van der Waals surface area contributed by atoms with Crippen LogP contribution in [0.5, 0.6) is 5.75 Å². The van der Waals surface area contributed by atoms with Crippen LogP contribution in [-0.2, 0) is 4.84 Å². The summed E-state index contributed by atoms with van der Waals surface area (Å²) < 4.78 is 5.25. The predicted molar refractivity (Wildman–Crippen MR) is 70.1 cm³/mol. The third kappa shape index (κ3) is 2.08. The molecule has 1 aromatic rings. The number of piperidine rings is 1. The van der Waals surface area contributed by atoms with E-state index in [1.807, 2.05) is 18.2 Å². The number of oxime groups is 1. The summed E-state index contributed by atoms with van der Waals surface area (Å²) in [5.74, 6) is 0.862. The number of hydrogen-bond donors (Lipinski definition) is 1. The van der Waals surface area contributed by atoms with E-state index in [0.29, 0.717) is 0 Å². The van der Waals surface area contributed by atoms with Crippen molar-refractivity contribution in [3.63, 3.8) is 0 Å². The molecule has 2 heterocycles. The molecular formula is C14H18N2O2. The van der Waals surface area contributed by atoms with E-state index in [4.69, 9.17) is 9.57 Å². The van der Waals surface area contributed by atoms with E-state index < -0.39 is 0 Å². The van der Waals surface area contributed by atoms with Gasteiger partial charge >= 0.3 is 0 Å². The summed E-state index contributed by atoms with van der Waals surface area (Å²) in [4.78, 5) is 5.73. The van der Waals surface area contributed by atoms with Crippen LogP contribution in [-0.4, -0.2) is 31.5 Å². The van der Waals surface area contributed by atoms with Crippen LogP contribution in [0.1, 0.15) is 24.8 Å². The third-order valence-corrected chi connectivity index (χ3v) is 3.76. The summed E-state index contributed by atoms with van der Waals surface area (Å²) in [6.07, 6.45) is 2.97. The molecule has 18 heavy (non-hydrogen) atoms. The number of benzene rings is 1. The lowest BCUT2D eigenvalue weighted by Crippen LogP contribution is -2.42. The van der Waals surface area contributed by atoms with E-state index >= 15 is 0 Å². The van der Waals surface area contributed by atoms with Crippen LogP contribution in [0.2, 0.25) is 0 Å². The lowest BCUT2D eigenvalue weighted by molar-refractivity contribution is -0.0400. The smallest absolute Gasteiger partial charge is 0.145 e. The highest BCUT2D eigenvalue weighted by Crippen LogP contribution is 2.34. The molecule has 2 aliphatic heterocycles. The Morgan fingerprint density at radius 2 is 2.17 bits per heavy atom. The van der Waals surface area contributed by atoms with Crippen molar-refractivity contribution in [1.29, 1.82) is 0 Å². The van der Waals surface area contributed by atoms with Gasteiger partial charge in [-0.1, -0.05) is 17.3 Å². The summed E-state index contributed by atoms with van der Waals surface area (Å²) in [7, 11) is 1.68. The van der Waals surface area contributed by atoms with E-state index in [9.17, 15) is 0 Å². The van der Waals surface area contributed by atoms with E-state index in [-0.39, 0.29) is 5.60 Å². The third-order valence-electron chi connectivity index (χ3n) is 3.76. The quantitative estimate of drug-likeness (QED) is 0.867. The minimum absolute atomic E-state index is 0.0658. The summed E-state index contributed by atoms with van der Waals surface area (Å²) in [6.45, 7) is 2.03. The fourth-order valence-electron chi connectivity index (χ4n) is 2.63. The van der Waals surface area contributed by atoms with Gasteiger partial charge in [-0.15, -0.1) is 0 Å². The second kappa shape index (κ2) is 4.61. The first-order chi connectivity index (χ1) is 8.81. The highest BCUT2D eigenvalue weighted by atomic mass is 16.7. The second-order valence-corrected chi connectivity index (χ2v) is 4.97. The number of hydrogen-bond acceptors (Lipinski definition) is 4. The Hall–Kier alpha value is -1.55. The maximum Gasteiger partial charge on any atom is 0.145 e. The molecule has 4 heteroatoms. The van der Waals surface area contributed by atoms with E-state index in [1.54, 1.807) is 7.11 Å². The lowest BCUT2D eigenvalue weighted by Gasteiger charge is -2.30. The molecule has 1 fully saturated rings. The zero-order valence-corrected chi connectivity index (χ0v) is 10.6. The molecule has 0 unspecified atom stereocenters. The molecule has 0 bridgehead atoms. The van der Waals surface area contributed by atoms with Crippen molar-refractivity contribution >= 4 is 5.71 Å². The fourth-order valence-corrected chi connectivity index (χ4v) is 2.63. The Balaban J connectivity index is 1.78. The Labute approximate surface area is 107 Å². The van der Waals surface area contributed by atoms with Crippen LogP contribution in [0.15, 0.2) is 29.4 Å². The molecule has 1 spiro atoms. The molecule has 0 aliphatic carbocycles. The van der Waals surface area contributed by atoms with E-state index in [1.165, 1.54) is 0 Å². The number of methoxy groups -OCH3 is 1. The predicted octanol–water partition coefficient (Wildman–Crippen LogP) is 1.94. The van der Waals surface area contributed by atoms with Crippen LogP contribution in [0.3, 0.4) is 0 Å². The SMILES string of the molecule is COc1cccc(C2=NOC3(CCNCC3)C2)c1.